The average molecular weight is 276 g/mol. The van der Waals surface area contributed by atoms with Gasteiger partial charge < -0.3 is 4.74 Å². The van der Waals surface area contributed by atoms with Crippen LogP contribution >= 0.6 is 11.6 Å². The molecule has 2 unspecified atom stereocenters. The van der Waals surface area contributed by atoms with Crippen LogP contribution in [0.1, 0.15) is 36.3 Å². The number of ether oxygens (including phenoxy) is 1. The van der Waals surface area contributed by atoms with E-state index in [1.54, 1.807) is 12.4 Å². The zero-order valence-electron chi connectivity index (χ0n) is 11.2. The molecule has 100 valence electrons. The van der Waals surface area contributed by atoms with Crippen LogP contribution in [-0.4, -0.2) is 11.6 Å². The number of aromatic nitrogens is 1. The Hall–Kier alpha value is -1.54. The highest BCUT2D eigenvalue weighted by Gasteiger charge is 2.18. The quantitative estimate of drug-likeness (QED) is 0.746. The minimum absolute atomic E-state index is 0.0573. The lowest BCUT2D eigenvalue weighted by atomic mass is 9.94. The van der Waals surface area contributed by atoms with E-state index in [0.717, 1.165) is 11.3 Å². The number of hydrogen-bond acceptors (Lipinski definition) is 2. The molecule has 0 spiro atoms. The highest BCUT2D eigenvalue weighted by Crippen LogP contribution is 2.36. The predicted octanol–water partition coefficient (Wildman–Crippen LogP) is 4.56. The molecule has 0 radical (unpaired) electrons. The number of hydrogen-bond donors (Lipinski definition) is 0. The van der Waals surface area contributed by atoms with Crippen molar-refractivity contribution in [2.24, 2.45) is 0 Å². The number of alkyl halides is 1. The highest BCUT2D eigenvalue weighted by atomic mass is 35.5. The van der Waals surface area contributed by atoms with Crippen molar-refractivity contribution in [1.82, 2.24) is 4.98 Å². The molecule has 19 heavy (non-hydrogen) atoms. The zero-order valence-corrected chi connectivity index (χ0v) is 12.0. The van der Waals surface area contributed by atoms with Crippen LogP contribution in [0.2, 0.25) is 0 Å². The molecule has 3 heteroatoms. The van der Waals surface area contributed by atoms with Gasteiger partial charge in [-0.15, -0.1) is 11.6 Å². The fourth-order valence-electron chi connectivity index (χ4n) is 2.04. The Labute approximate surface area is 119 Å². The van der Waals surface area contributed by atoms with E-state index in [-0.39, 0.29) is 11.3 Å². The summed E-state index contributed by atoms with van der Waals surface area (Å²) in [5.41, 5.74) is 2.30. The lowest BCUT2D eigenvalue weighted by Crippen LogP contribution is -2.03. The van der Waals surface area contributed by atoms with Crippen molar-refractivity contribution >= 4 is 11.6 Å². The maximum absolute atomic E-state index is 6.56. The van der Waals surface area contributed by atoms with Crippen molar-refractivity contribution in [3.8, 4) is 5.75 Å². The van der Waals surface area contributed by atoms with Gasteiger partial charge in [-0.3, -0.25) is 4.98 Å². The van der Waals surface area contributed by atoms with E-state index >= 15 is 0 Å². The molecule has 0 amide bonds. The summed E-state index contributed by atoms with van der Waals surface area (Å²) in [6.07, 6.45) is 3.60. The number of pyridine rings is 1. The third-order valence-corrected chi connectivity index (χ3v) is 3.81. The molecule has 1 aromatic heterocycles. The molecule has 2 nitrogen and oxygen atoms in total. The van der Waals surface area contributed by atoms with E-state index in [1.807, 2.05) is 43.3 Å². The van der Waals surface area contributed by atoms with Gasteiger partial charge in [-0.25, -0.2) is 0 Å². The normalized spacial score (nSPS) is 13.8. The van der Waals surface area contributed by atoms with Crippen molar-refractivity contribution in [1.29, 1.82) is 0 Å². The molecule has 1 heterocycles. The van der Waals surface area contributed by atoms with Crippen molar-refractivity contribution in [3.63, 3.8) is 0 Å². The topological polar surface area (TPSA) is 22.1 Å². The second kappa shape index (κ2) is 6.58. The smallest absolute Gasteiger partial charge is 0.119 e. The number of rotatable bonds is 5. The Morgan fingerprint density at radius 2 is 1.68 bits per heavy atom. The number of benzene rings is 1. The average Bonchev–Trinajstić information content (AvgIpc) is 2.48. The molecule has 1 aromatic carbocycles. The Kier molecular flexibility index (Phi) is 4.80. The van der Waals surface area contributed by atoms with Crippen LogP contribution in [0.4, 0.5) is 0 Å². The Bertz CT molecular complexity index is 498. The molecule has 0 N–H and O–H groups in total. The Morgan fingerprint density at radius 3 is 2.26 bits per heavy atom. The van der Waals surface area contributed by atoms with Crippen LogP contribution < -0.4 is 4.74 Å². The zero-order chi connectivity index (χ0) is 13.7. The van der Waals surface area contributed by atoms with Gasteiger partial charge in [0.15, 0.2) is 0 Å². The first kappa shape index (κ1) is 13.9. The molecular formula is C16H18ClNO. The van der Waals surface area contributed by atoms with Gasteiger partial charge in [-0.2, -0.15) is 0 Å². The van der Waals surface area contributed by atoms with Crippen LogP contribution in [0.25, 0.3) is 0 Å². The summed E-state index contributed by atoms with van der Waals surface area (Å²) in [6, 6.07) is 12.0. The van der Waals surface area contributed by atoms with Crippen LogP contribution in [0.3, 0.4) is 0 Å². The Morgan fingerprint density at radius 1 is 1.05 bits per heavy atom. The summed E-state index contributed by atoms with van der Waals surface area (Å²) in [6.45, 7) is 4.78. The highest BCUT2D eigenvalue weighted by molar-refractivity contribution is 6.21. The summed E-state index contributed by atoms with van der Waals surface area (Å²) >= 11 is 6.56. The molecule has 0 saturated carbocycles. The minimum Gasteiger partial charge on any atom is -0.494 e. The Balaban J connectivity index is 2.12. The minimum atomic E-state index is -0.0573. The molecule has 0 bridgehead atoms. The fraction of sp³-hybridized carbons (Fsp3) is 0.312. The number of nitrogens with zero attached hydrogens (tertiary/aromatic N) is 1. The lowest BCUT2D eigenvalue weighted by Gasteiger charge is -2.19. The maximum Gasteiger partial charge on any atom is 0.119 e. The van der Waals surface area contributed by atoms with Crippen molar-refractivity contribution in [2.75, 3.05) is 6.61 Å². The van der Waals surface area contributed by atoms with Gasteiger partial charge in [0.05, 0.1) is 12.0 Å². The standard InChI is InChI=1S/C16H18ClNO/c1-3-19-15-6-4-14(5-7-15)16(17)12(2)13-8-10-18-11-9-13/h4-12,16H,3H2,1-2H3. The summed E-state index contributed by atoms with van der Waals surface area (Å²) in [5, 5.41) is -0.0573. The van der Waals surface area contributed by atoms with E-state index in [4.69, 9.17) is 16.3 Å². The second-order valence-electron chi connectivity index (χ2n) is 4.47. The maximum atomic E-state index is 6.56. The van der Waals surface area contributed by atoms with E-state index in [0.29, 0.717) is 6.61 Å². The lowest BCUT2D eigenvalue weighted by molar-refractivity contribution is 0.340. The molecule has 0 aliphatic carbocycles. The molecular weight excluding hydrogens is 258 g/mol. The van der Waals surface area contributed by atoms with E-state index in [2.05, 4.69) is 11.9 Å². The number of halogens is 1. The summed E-state index contributed by atoms with van der Waals surface area (Å²) in [7, 11) is 0. The van der Waals surface area contributed by atoms with Gasteiger partial charge in [-0.05, 0) is 42.3 Å². The molecule has 2 atom stereocenters. The van der Waals surface area contributed by atoms with Crippen LogP contribution in [-0.2, 0) is 0 Å². The van der Waals surface area contributed by atoms with Crippen LogP contribution in [0, 0.1) is 0 Å². The first-order valence-electron chi connectivity index (χ1n) is 6.49. The molecule has 0 aliphatic rings. The first-order chi connectivity index (χ1) is 9.22. The van der Waals surface area contributed by atoms with Gasteiger partial charge in [-0.1, -0.05) is 19.1 Å². The van der Waals surface area contributed by atoms with Gasteiger partial charge >= 0.3 is 0 Å². The van der Waals surface area contributed by atoms with Gasteiger partial charge in [0.2, 0.25) is 0 Å². The van der Waals surface area contributed by atoms with E-state index in [9.17, 15) is 0 Å². The largest absolute Gasteiger partial charge is 0.494 e. The summed E-state index contributed by atoms with van der Waals surface area (Å²) in [5.74, 6) is 1.12. The SMILES string of the molecule is CCOc1ccc(C(Cl)C(C)c2ccncc2)cc1. The molecule has 2 aromatic rings. The predicted molar refractivity (Wildman–Crippen MR) is 78.9 cm³/mol. The second-order valence-corrected chi connectivity index (χ2v) is 4.94. The fourth-order valence-corrected chi connectivity index (χ4v) is 2.33. The molecule has 0 fully saturated rings. The van der Waals surface area contributed by atoms with E-state index < -0.39 is 0 Å². The van der Waals surface area contributed by atoms with Crippen LogP contribution in [0.15, 0.2) is 48.8 Å². The monoisotopic (exact) mass is 275 g/mol. The third-order valence-electron chi connectivity index (χ3n) is 3.18. The first-order valence-corrected chi connectivity index (χ1v) is 6.92. The molecule has 0 aliphatic heterocycles. The van der Waals surface area contributed by atoms with Crippen molar-refractivity contribution < 1.29 is 4.74 Å². The summed E-state index contributed by atoms with van der Waals surface area (Å²) < 4.78 is 5.43. The third kappa shape index (κ3) is 3.48. The van der Waals surface area contributed by atoms with Gasteiger partial charge in [0, 0.05) is 18.3 Å². The molecule has 2 rings (SSSR count). The van der Waals surface area contributed by atoms with Crippen molar-refractivity contribution in [3.05, 3.63) is 59.9 Å². The van der Waals surface area contributed by atoms with Gasteiger partial charge in [0.1, 0.15) is 5.75 Å². The summed E-state index contributed by atoms with van der Waals surface area (Å²) in [4.78, 5) is 4.03. The van der Waals surface area contributed by atoms with Crippen LogP contribution in [0.5, 0.6) is 5.75 Å². The molecule has 0 saturated heterocycles. The van der Waals surface area contributed by atoms with Gasteiger partial charge in [0.25, 0.3) is 0 Å². The van der Waals surface area contributed by atoms with E-state index in [1.165, 1.54) is 5.56 Å². The van der Waals surface area contributed by atoms with Crippen molar-refractivity contribution in [2.45, 2.75) is 25.1 Å².